The Balaban J connectivity index is 3.28. The molecular formula is C11H13F2NO3. The molecule has 0 radical (unpaired) electrons. The molecule has 0 atom stereocenters. The zero-order valence-corrected chi connectivity index (χ0v) is 9.79. The third kappa shape index (κ3) is 2.89. The quantitative estimate of drug-likeness (QED) is 0.765. The summed E-state index contributed by atoms with van der Waals surface area (Å²) in [6.45, 7) is 3.28. The summed E-state index contributed by atoms with van der Waals surface area (Å²) in [4.78, 5) is 15.2. The van der Waals surface area contributed by atoms with Crippen molar-refractivity contribution in [1.82, 2.24) is 4.98 Å². The summed E-state index contributed by atoms with van der Waals surface area (Å²) in [6.07, 6.45) is -2.74. The number of pyridine rings is 1. The first-order chi connectivity index (χ1) is 8.01. The van der Waals surface area contributed by atoms with Gasteiger partial charge in [0.1, 0.15) is 11.3 Å². The van der Waals surface area contributed by atoms with E-state index in [4.69, 9.17) is 9.47 Å². The number of carbonyl (C=O) groups excluding carboxylic acids is 1. The number of methoxy groups -OCH3 is 1. The highest BCUT2D eigenvalue weighted by Gasteiger charge is 2.21. The lowest BCUT2D eigenvalue weighted by molar-refractivity contribution is 0.0521. The van der Waals surface area contributed by atoms with Crippen LogP contribution in [0.15, 0.2) is 6.07 Å². The van der Waals surface area contributed by atoms with Crippen molar-refractivity contribution in [2.24, 2.45) is 0 Å². The highest BCUT2D eigenvalue weighted by Crippen LogP contribution is 2.27. The second kappa shape index (κ2) is 5.56. The Labute approximate surface area is 97.6 Å². The molecule has 1 aromatic rings. The fourth-order valence-electron chi connectivity index (χ4n) is 1.41. The van der Waals surface area contributed by atoms with Gasteiger partial charge in [0.05, 0.1) is 19.4 Å². The van der Waals surface area contributed by atoms with Crippen LogP contribution in [0.2, 0.25) is 0 Å². The Morgan fingerprint density at radius 2 is 2.18 bits per heavy atom. The number of rotatable bonds is 4. The normalized spacial score (nSPS) is 10.5. The van der Waals surface area contributed by atoms with E-state index in [0.29, 0.717) is 0 Å². The molecule has 4 nitrogen and oxygen atoms in total. The molecule has 0 amide bonds. The first-order valence-electron chi connectivity index (χ1n) is 5.02. The van der Waals surface area contributed by atoms with Crippen molar-refractivity contribution < 1.29 is 23.0 Å². The molecule has 0 bridgehead atoms. The van der Waals surface area contributed by atoms with Gasteiger partial charge < -0.3 is 9.47 Å². The van der Waals surface area contributed by atoms with Crippen molar-refractivity contribution >= 4 is 5.97 Å². The van der Waals surface area contributed by atoms with Crippen LogP contribution in [0.3, 0.4) is 0 Å². The first kappa shape index (κ1) is 13.3. The number of alkyl halides is 2. The molecule has 1 heterocycles. The second-order valence-electron chi connectivity index (χ2n) is 3.23. The Hall–Kier alpha value is -1.72. The first-order valence-corrected chi connectivity index (χ1v) is 5.02. The van der Waals surface area contributed by atoms with Gasteiger partial charge >= 0.3 is 5.97 Å². The van der Waals surface area contributed by atoms with Crippen molar-refractivity contribution in [3.63, 3.8) is 0 Å². The number of halogens is 2. The number of ether oxygens (including phenoxy) is 2. The van der Waals surface area contributed by atoms with Crippen molar-refractivity contribution in [3.05, 3.63) is 23.0 Å². The van der Waals surface area contributed by atoms with Crippen LogP contribution < -0.4 is 4.74 Å². The minimum atomic E-state index is -2.74. The number of aromatic nitrogens is 1. The molecule has 0 aliphatic heterocycles. The molecule has 0 aliphatic rings. The SMILES string of the molecule is CCOC(=O)c1cc(C(F)F)nc(C)c1OC. The van der Waals surface area contributed by atoms with Gasteiger partial charge in [0.2, 0.25) is 0 Å². The highest BCUT2D eigenvalue weighted by molar-refractivity contribution is 5.93. The van der Waals surface area contributed by atoms with Crippen molar-refractivity contribution in [2.45, 2.75) is 20.3 Å². The number of esters is 1. The highest BCUT2D eigenvalue weighted by atomic mass is 19.3. The Morgan fingerprint density at radius 3 is 2.65 bits per heavy atom. The summed E-state index contributed by atoms with van der Waals surface area (Å²) in [7, 11) is 1.34. The molecule has 6 heteroatoms. The smallest absolute Gasteiger partial charge is 0.342 e. The molecule has 0 spiro atoms. The number of hydrogen-bond acceptors (Lipinski definition) is 4. The molecule has 0 aromatic carbocycles. The van der Waals surface area contributed by atoms with E-state index in [-0.39, 0.29) is 23.6 Å². The largest absolute Gasteiger partial charge is 0.494 e. The van der Waals surface area contributed by atoms with Crippen LogP contribution in [0.4, 0.5) is 8.78 Å². The van der Waals surface area contributed by atoms with Gasteiger partial charge in [0.15, 0.2) is 5.75 Å². The van der Waals surface area contributed by atoms with Crippen LogP contribution in [-0.4, -0.2) is 24.7 Å². The van der Waals surface area contributed by atoms with Gasteiger partial charge in [-0.3, -0.25) is 0 Å². The number of aryl methyl sites for hydroxylation is 1. The standard InChI is InChI=1S/C11H13F2NO3/c1-4-17-11(15)7-5-8(10(12)13)14-6(2)9(7)16-3/h5,10H,4H2,1-3H3. The molecular weight excluding hydrogens is 232 g/mol. The number of carbonyl (C=O) groups is 1. The van der Waals surface area contributed by atoms with Gasteiger partial charge in [-0.15, -0.1) is 0 Å². The maximum absolute atomic E-state index is 12.6. The molecule has 17 heavy (non-hydrogen) atoms. The van der Waals surface area contributed by atoms with E-state index in [9.17, 15) is 13.6 Å². The topological polar surface area (TPSA) is 48.4 Å². The average Bonchev–Trinajstić information content (AvgIpc) is 2.28. The predicted molar refractivity (Wildman–Crippen MR) is 56.4 cm³/mol. The molecule has 0 saturated carbocycles. The van der Waals surface area contributed by atoms with Crippen LogP contribution >= 0.6 is 0 Å². The predicted octanol–water partition coefficient (Wildman–Crippen LogP) is 2.51. The van der Waals surface area contributed by atoms with E-state index in [0.717, 1.165) is 6.07 Å². The third-order valence-electron chi connectivity index (χ3n) is 2.09. The molecule has 1 aromatic heterocycles. The van der Waals surface area contributed by atoms with Gasteiger partial charge in [-0.2, -0.15) is 0 Å². The number of hydrogen-bond donors (Lipinski definition) is 0. The number of nitrogens with zero attached hydrogens (tertiary/aromatic N) is 1. The Kier molecular flexibility index (Phi) is 4.37. The lowest BCUT2D eigenvalue weighted by atomic mass is 10.1. The summed E-state index contributed by atoms with van der Waals surface area (Å²) in [5.74, 6) is -0.537. The van der Waals surface area contributed by atoms with Gasteiger partial charge in [0.25, 0.3) is 6.43 Å². The summed E-state index contributed by atoms with van der Waals surface area (Å²) < 4.78 is 34.9. The zero-order chi connectivity index (χ0) is 13.0. The van der Waals surface area contributed by atoms with E-state index in [1.807, 2.05) is 0 Å². The third-order valence-corrected chi connectivity index (χ3v) is 2.09. The maximum atomic E-state index is 12.6. The summed E-state index contributed by atoms with van der Waals surface area (Å²) in [5.41, 5.74) is -0.267. The Morgan fingerprint density at radius 1 is 1.53 bits per heavy atom. The maximum Gasteiger partial charge on any atom is 0.342 e. The average molecular weight is 245 g/mol. The molecule has 0 unspecified atom stereocenters. The van der Waals surface area contributed by atoms with Crippen LogP contribution in [0.1, 0.15) is 35.1 Å². The second-order valence-corrected chi connectivity index (χ2v) is 3.23. The van der Waals surface area contributed by atoms with Crippen molar-refractivity contribution in [3.8, 4) is 5.75 Å². The van der Waals surface area contributed by atoms with E-state index in [2.05, 4.69) is 4.98 Å². The van der Waals surface area contributed by atoms with Crippen LogP contribution in [0.25, 0.3) is 0 Å². The van der Waals surface area contributed by atoms with Gasteiger partial charge in [-0.05, 0) is 19.9 Å². The summed E-state index contributed by atoms with van der Waals surface area (Å²) in [6, 6.07) is 0.995. The fraction of sp³-hybridized carbons (Fsp3) is 0.455. The lowest BCUT2D eigenvalue weighted by Gasteiger charge is -2.11. The minimum absolute atomic E-state index is 0.0304. The van der Waals surface area contributed by atoms with E-state index >= 15 is 0 Å². The molecule has 0 fully saturated rings. The van der Waals surface area contributed by atoms with Gasteiger partial charge in [-0.25, -0.2) is 18.6 Å². The van der Waals surface area contributed by atoms with Gasteiger partial charge in [-0.1, -0.05) is 0 Å². The zero-order valence-electron chi connectivity index (χ0n) is 9.79. The molecule has 0 N–H and O–H groups in total. The van der Waals surface area contributed by atoms with Crippen molar-refractivity contribution in [1.29, 1.82) is 0 Å². The monoisotopic (exact) mass is 245 g/mol. The van der Waals surface area contributed by atoms with Crippen molar-refractivity contribution in [2.75, 3.05) is 13.7 Å². The molecule has 94 valence electrons. The van der Waals surface area contributed by atoms with Crippen LogP contribution in [0.5, 0.6) is 5.75 Å². The fourth-order valence-corrected chi connectivity index (χ4v) is 1.41. The lowest BCUT2D eigenvalue weighted by Crippen LogP contribution is -2.10. The summed E-state index contributed by atoms with van der Waals surface area (Å²) >= 11 is 0. The van der Waals surface area contributed by atoms with Gasteiger partial charge in [0, 0.05) is 0 Å². The molecule has 1 rings (SSSR count). The molecule has 0 aliphatic carbocycles. The summed E-state index contributed by atoms with van der Waals surface area (Å²) in [5, 5.41) is 0. The molecule has 0 saturated heterocycles. The van der Waals surface area contributed by atoms with E-state index in [1.165, 1.54) is 14.0 Å². The van der Waals surface area contributed by atoms with E-state index in [1.54, 1.807) is 6.92 Å². The van der Waals surface area contributed by atoms with Crippen LogP contribution in [0, 0.1) is 6.92 Å². The van der Waals surface area contributed by atoms with E-state index < -0.39 is 18.1 Å². The minimum Gasteiger partial charge on any atom is -0.494 e. The van der Waals surface area contributed by atoms with Crippen LogP contribution in [-0.2, 0) is 4.74 Å². The Bertz CT molecular complexity index is 421.